The van der Waals surface area contributed by atoms with E-state index < -0.39 is 9.84 Å². The molecule has 1 aliphatic rings. The van der Waals surface area contributed by atoms with Crippen LogP contribution in [0.5, 0.6) is 0 Å². The molecular formula is C9H13ClN2O2S2. The maximum Gasteiger partial charge on any atom is 0.150 e. The number of sulfone groups is 1. The molecule has 0 radical (unpaired) electrons. The number of hydrogen-bond donors (Lipinski definition) is 2. The van der Waals surface area contributed by atoms with E-state index in [9.17, 15) is 8.42 Å². The summed E-state index contributed by atoms with van der Waals surface area (Å²) in [6, 6.07) is 1.64. The first-order chi connectivity index (χ1) is 7.53. The van der Waals surface area contributed by atoms with E-state index in [1.54, 1.807) is 6.07 Å². The van der Waals surface area contributed by atoms with E-state index in [0.717, 1.165) is 4.88 Å². The second-order valence-corrected chi connectivity index (χ2v) is 7.52. The maximum absolute atomic E-state index is 11.4. The van der Waals surface area contributed by atoms with Gasteiger partial charge in [-0.05, 0) is 23.8 Å². The van der Waals surface area contributed by atoms with Crippen molar-refractivity contribution >= 4 is 32.8 Å². The van der Waals surface area contributed by atoms with Crippen LogP contribution in [-0.4, -0.2) is 19.9 Å². The lowest BCUT2D eigenvalue weighted by Crippen LogP contribution is -2.33. The maximum atomic E-state index is 11.4. The number of rotatable bonds is 3. The molecule has 0 saturated carbocycles. The van der Waals surface area contributed by atoms with Gasteiger partial charge in [-0.2, -0.15) is 0 Å². The Morgan fingerprint density at radius 3 is 2.81 bits per heavy atom. The lowest BCUT2D eigenvalue weighted by molar-refractivity contribution is 0.405. The summed E-state index contributed by atoms with van der Waals surface area (Å²) >= 11 is 7.53. The van der Waals surface area contributed by atoms with Crippen molar-refractivity contribution in [1.29, 1.82) is 0 Å². The second kappa shape index (κ2) is 4.62. The van der Waals surface area contributed by atoms with E-state index in [0.29, 0.717) is 11.4 Å². The summed E-state index contributed by atoms with van der Waals surface area (Å²) in [4.78, 5) is 0.922. The minimum atomic E-state index is -2.89. The third-order valence-corrected chi connectivity index (χ3v) is 6.08. The first-order valence-corrected chi connectivity index (χ1v) is 8.01. The number of halogens is 1. The summed E-state index contributed by atoms with van der Waals surface area (Å²) < 4.78 is 22.8. The molecule has 0 aromatic carbocycles. The lowest BCUT2D eigenvalue weighted by atomic mass is 9.98. The van der Waals surface area contributed by atoms with Crippen LogP contribution in [0, 0.1) is 5.92 Å². The van der Waals surface area contributed by atoms with Gasteiger partial charge in [0.25, 0.3) is 0 Å². The topological polar surface area (TPSA) is 72.2 Å². The van der Waals surface area contributed by atoms with Crippen LogP contribution in [0.15, 0.2) is 11.4 Å². The van der Waals surface area contributed by atoms with Gasteiger partial charge in [0.15, 0.2) is 9.84 Å². The predicted octanol–water partition coefficient (Wildman–Crippen LogP) is 1.34. The molecular weight excluding hydrogens is 268 g/mol. The second-order valence-electron chi connectivity index (χ2n) is 3.94. The highest BCUT2D eigenvalue weighted by Gasteiger charge is 2.35. The van der Waals surface area contributed by atoms with Crippen molar-refractivity contribution in [3.63, 3.8) is 0 Å². The average Bonchev–Trinajstić information content (AvgIpc) is 2.76. The molecule has 90 valence electrons. The van der Waals surface area contributed by atoms with Crippen molar-refractivity contribution in [2.45, 2.75) is 12.5 Å². The Morgan fingerprint density at radius 2 is 2.38 bits per heavy atom. The van der Waals surface area contributed by atoms with Gasteiger partial charge in [-0.25, -0.2) is 8.42 Å². The number of hydrazine groups is 1. The molecule has 1 fully saturated rings. The fourth-order valence-corrected chi connectivity index (χ4v) is 5.21. The standard InChI is InChI=1S/C9H13ClN2O2S2/c10-7-1-3-15-9(7)8(12-11)6-2-4-16(13,14)5-6/h1,3,6,8,12H,2,4-5,11H2. The summed E-state index contributed by atoms with van der Waals surface area (Å²) in [5.41, 5.74) is 2.69. The average molecular weight is 281 g/mol. The first-order valence-electron chi connectivity index (χ1n) is 4.93. The van der Waals surface area contributed by atoms with Gasteiger partial charge in [0.05, 0.1) is 22.6 Å². The lowest BCUT2D eigenvalue weighted by Gasteiger charge is -2.20. The van der Waals surface area contributed by atoms with E-state index in [1.165, 1.54) is 11.3 Å². The van der Waals surface area contributed by atoms with Crippen LogP contribution in [0.1, 0.15) is 17.3 Å². The number of nitrogens with two attached hydrogens (primary N) is 1. The van der Waals surface area contributed by atoms with Gasteiger partial charge in [0.2, 0.25) is 0 Å². The first kappa shape index (κ1) is 12.3. The Labute approximate surface area is 104 Å². The van der Waals surface area contributed by atoms with Gasteiger partial charge in [-0.3, -0.25) is 11.3 Å². The van der Waals surface area contributed by atoms with E-state index in [-0.39, 0.29) is 23.5 Å². The summed E-state index contributed by atoms with van der Waals surface area (Å²) in [6.45, 7) is 0. The SMILES string of the molecule is NNC(c1sccc1Cl)C1CCS(=O)(=O)C1. The zero-order valence-corrected chi connectivity index (χ0v) is 10.9. The Bertz CT molecular complexity index is 472. The molecule has 2 rings (SSSR count). The highest BCUT2D eigenvalue weighted by Crippen LogP contribution is 2.37. The van der Waals surface area contributed by atoms with Crippen LogP contribution in [0.2, 0.25) is 5.02 Å². The molecule has 0 spiro atoms. The van der Waals surface area contributed by atoms with Crippen LogP contribution in [-0.2, 0) is 9.84 Å². The summed E-state index contributed by atoms with van der Waals surface area (Å²) in [5, 5.41) is 2.53. The molecule has 0 aliphatic carbocycles. The van der Waals surface area contributed by atoms with Crippen LogP contribution < -0.4 is 11.3 Å². The molecule has 0 bridgehead atoms. The normalized spacial score (nSPS) is 25.8. The Hall–Kier alpha value is -0.140. The molecule has 2 heterocycles. The molecule has 1 saturated heterocycles. The molecule has 2 atom stereocenters. The minimum Gasteiger partial charge on any atom is -0.271 e. The summed E-state index contributed by atoms with van der Waals surface area (Å²) in [5.74, 6) is 5.96. The van der Waals surface area contributed by atoms with Gasteiger partial charge in [0.1, 0.15) is 0 Å². The third-order valence-electron chi connectivity index (χ3n) is 2.85. The molecule has 1 aromatic heterocycles. The fraction of sp³-hybridized carbons (Fsp3) is 0.556. The minimum absolute atomic E-state index is 0.0196. The smallest absolute Gasteiger partial charge is 0.150 e. The molecule has 1 aromatic rings. The molecule has 7 heteroatoms. The number of thiophene rings is 1. The van der Waals surface area contributed by atoms with Crippen LogP contribution >= 0.6 is 22.9 Å². The van der Waals surface area contributed by atoms with Crippen molar-refractivity contribution in [3.05, 3.63) is 21.3 Å². The highest BCUT2D eigenvalue weighted by molar-refractivity contribution is 7.91. The Balaban J connectivity index is 2.22. The van der Waals surface area contributed by atoms with Gasteiger partial charge in [0, 0.05) is 4.88 Å². The van der Waals surface area contributed by atoms with Gasteiger partial charge < -0.3 is 0 Å². The largest absolute Gasteiger partial charge is 0.271 e. The Kier molecular flexibility index (Phi) is 3.56. The van der Waals surface area contributed by atoms with Crippen LogP contribution in [0.4, 0.5) is 0 Å². The molecule has 2 unspecified atom stereocenters. The number of hydrogen-bond acceptors (Lipinski definition) is 5. The highest BCUT2D eigenvalue weighted by atomic mass is 35.5. The monoisotopic (exact) mass is 280 g/mol. The predicted molar refractivity (Wildman–Crippen MR) is 66.2 cm³/mol. The van der Waals surface area contributed by atoms with Gasteiger partial charge in [-0.1, -0.05) is 11.6 Å². The zero-order chi connectivity index (χ0) is 11.8. The van der Waals surface area contributed by atoms with Crippen molar-refractivity contribution in [3.8, 4) is 0 Å². The number of nitrogens with one attached hydrogen (secondary N) is 1. The molecule has 3 N–H and O–H groups in total. The van der Waals surface area contributed by atoms with Crippen LogP contribution in [0.25, 0.3) is 0 Å². The Morgan fingerprint density at radius 1 is 1.62 bits per heavy atom. The van der Waals surface area contributed by atoms with Crippen LogP contribution in [0.3, 0.4) is 0 Å². The summed E-state index contributed by atoms with van der Waals surface area (Å²) in [7, 11) is -2.89. The van der Waals surface area contributed by atoms with Crippen molar-refractivity contribution in [2.24, 2.45) is 11.8 Å². The molecule has 0 amide bonds. The molecule has 4 nitrogen and oxygen atoms in total. The van der Waals surface area contributed by atoms with Crippen molar-refractivity contribution < 1.29 is 8.42 Å². The fourth-order valence-electron chi connectivity index (χ4n) is 2.04. The van der Waals surface area contributed by atoms with E-state index in [4.69, 9.17) is 17.4 Å². The van der Waals surface area contributed by atoms with E-state index >= 15 is 0 Å². The summed E-state index contributed by atoms with van der Waals surface area (Å²) in [6.07, 6.45) is 0.644. The third kappa shape index (κ3) is 2.41. The van der Waals surface area contributed by atoms with Crippen molar-refractivity contribution in [1.82, 2.24) is 5.43 Å². The van der Waals surface area contributed by atoms with E-state index in [1.807, 2.05) is 5.38 Å². The van der Waals surface area contributed by atoms with Gasteiger partial charge >= 0.3 is 0 Å². The quantitative estimate of drug-likeness (QED) is 0.647. The van der Waals surface area contributed by atoms with Gasteiger partial charge in [-0.15, -0.1) is 11.3 Å². The van der Waals surface area contributed by atoms with E-state index in [2.05, 4.69) is 5.43 Å². The van der Waals surface area contributed by atoms with Crippen molar-refractivity contribution in [2.75, 3.05) is 11.5 Å². The molecule has 16 heavy (non-hydrogen) atoms. The molecule has 1 aliphatic heterocycles. The zero-order valence-electron chi connectivity index (χ0n) is 8.52.